The van der Waals surface area contributed by atoms with Gasteiger partial charge in [-0.05, 0) is 13.0 Å². The molecule has 2 heterocycles. The van der Waals surface area contributed by atoms with E-state index in [1.807, 2.05) is 6.07 Å². The van der Waals surface area contributed by atoms with Crippen LogP contribution >= 0.6 is 0 Å². The van der Waals surface area contributed by atoms with E-state index >= 15 is 0 Å². The van der Waals surface area contributed by atoms with Crippen LogP contribution in [0.4, 0.5) is 5.82 Å². The maximum Gasteiger partial charge on any atom is 0.129 e. The lowest BCUT2D eigenvalue weighted by Gasteiger charge is -2.26. The molecule has 2 rings (SSSR count). The van der Waals surface area contributed by atoms with Gasteiger partial charge in [0.15, 0.2) is 0 Å². The number of rotatable bonds is 7. The molecule has 1 aliphatic heterocycles. The summed E-state index contributed by atoms with van der Waals surface area (Å²) in [4.78, 5) is 10.8. The summed E-state index contributed by atoms with van der Waals surface area (Å²) in [5, 5.41) is 3.32. The zero-order valence-electron chi connectivity index (χ0n) is 11.5. The lowest BCUT2D eigenvalue weighted by Crippen LogP contribution is -2.37. The Bertz CT molecular complexity index is 369. The van der Waals surface area contributed by atoms with Crippen molar-refractivity contribution in [3.05, 3.63) is 18.1 Å². The molecule has 19 heavy (non-hydrogen) atoms. The summed E-state index contributed by atoms with van der Waals surface area (Å²) in [6.07, 6.45) is 2.67. The van der Waals surface area contributed by atoms with Crippen molar-refractivity contribution in [3.63, 3.8) is 0 Å². The van der Waals surface area contributed by atoms with Gasteiger partial charge in [-0.1, -0.05) is 0 Å². The van der Waals surface area contributed by atoms with Gasteiger partial charge < -0.3 is 14.8 Å². The van der Waals surface area contributed by atoms with Crippen LogP contribution in [0.1, 0.15) is 12.1 Å². The van der Waals surface area contributed by atoms with E-state index in [9.17, 15) is 0 Å². The summed E-state index contributed by atoms with van der Waals surface area (Å²) in [6.45, 7) is 6.36. The van der Waals surface area contributed by atoms with Crippen molar-refractivity contribution < 1.29 is 9.47 Å². The topological polar surface area (TPSA) is 59.5 Å². The molecule has 1 aromatic heterocycles. The minimum atomic E-state index is 0.519. The van der Waals surface area contributed by atoms with Crippen molar-refractivity contribution in [2.75, 3.05) is 51.8 Å². The minimum Gasteiger partial charge on any atom is -0.379 e. The number of nitrogens with zero attached hydrogens (tertiary/aromatic N) is 3. The molecule has 6 heteroatoms. The van der Waals surface area contributed by atoms with Crippen LogP contribution in [0.25, 0.3) is 0 Å². The third kappa shape index (κ3) is 5.10. The lowest BCUT2D eigenvalue weighted by molar-refractivity contribution is 0.0378. The average molecular weight is 266 g/mol. The third-order valence-corrected chi connectivity index (χ3v) is 3.08. The number of aromatic nitrogens is 2. The van der Waals surface area contributed by atoms with Crippen LogP contribution in [0.3, 0.4) is 0 Å². The van der Waals surface area contributed by atoms with Crippen LogP contribution in [-0.2, 0) is 16.1 Å². The van der Waals surface area contributed by atoms with Crippen LogP contribution < -0.4 is 5.32 Å². The Morgan fingerprint density at radius 3 is 3.00 bits per heavy atom. The Labute approximate surface area is 114 Å². The van der Waals surface area contributed by atoms with E-state index in [-0.39, 0.29) is 0 Å². The highest BCUT2D eigenvalue weighted by Crippen LogP contribution is 2.05. The average Bonchev–Trinajstić information content (AvgIpc) is 2.46. The predicted octanol–water partition coefficient (Wildman–Crippen LogP) is 0.757. The van der Waals surface area contributed by atoms with Crippen molar-refractivity contribution >= 4 is 5.82 Å². The van der Waals surface area contributed by atoms with Gasteiger partial charge in [-0.25, -0.2) is 9.97 Å². The molecule has 0 aliphatic carbocycles. The highest BCUT2D eigenvalue weighted by molar-refractivity contribution is 5.34. The van der Waals surface area contributed by atoms with Crippen LogP contribution in [0, 0.1) is 0 Å². The summed E-state index contributed by atoms with van der Waals surface area (Å²) < 4.78 is 10.4. The van der Waals surface area contributed by atoms with Gasteiger partial charge in [0, 0.05) is 32.8 Å². The fourth-order valence-corrected chi connectivity index (χ4v) is 2.06. The zero-order valence-corrected chi connectivity index (χ0v) is 11.5. The normalized spacial score (nSPS) is 16.5. The molecule has 0 saturated carbocycles. The largest absolute Gasteiger partial charge is 0.379 e. The summed E-state index contributed by atoms with van der Waals surface area (Å²) in [7, 11) is 1.66. The van der Waals surface area contributed by atoms with Gasteiger partial charge in [-0.3, -0.25) is 4.90 Å². The fraction of sp³-hybridized carbons (Fsp3) is 0.692. The Morgan fingerprint density at radius 2 is 2.21 bits per heavy atom. The molecule has 1 aliphatic rings. The van der Waals surface area contributed by atoms with E-state index in [0.717, 1.165) is 57.3 Å². The van der Waals surface area contributed by atoms with Crippen LogP contribution in [0.5, 0.6) is 0 Å². The first-order chi connectivity index (χ1) is 9.38. The van der Waals surface area contributed by atoms with Gasteiger partial charge >= 0.3 is 0 Å². The molecule has 0 spiro atoms. The molecular weight excluding hydrogens is 244 g/mol. The SMILES string of the molecule is COCc1cc(NCCCN2CCOCC2)ncn1. The molecule has 6 nitrogen and oxygen atoms in total. The lowest BCUT2D eigenvalue weighted by atomic mass is 10.3. The summed E-state index contributed by atoms with van der Waals surface area (Å²) in [5.41, 5.74) is 0.896. The summed E-state index contributed by atoms with van der Waals surface area (Å²) in [5.74, 6) is 0.865. The molecule has 1 aromatic rings. The first-order valence-electron chi connectivity index (χ1n) is 6.72. The predicted molar refractivity (Wildman–Crippen MR) is 73.1 cm³/mol. The van der Waals surface area contributed by atoms with Crippen molar-refractivity contribution in [2.45, 2.75) is 13.0 Å². The highest BCUT2D eigenvalue weighted by Gasteiger charge is 2.09. The van der Waals surface area contributed by atoms with Crippen LogP contribution in [0.15, 0.2) is 12.4 Å². The second kappa shape index (κ2) is 8.04. The van der Waals surface area contributed by atoms with Crippen molar-refractivity contribution in [3.8, 4) is 0 Å². The molecule has 1 fully saturated rings. The molecule has 0 amide bonds. The van der Waals surface area contributed by atoms with Gasteiger partial charge in [0.25, 0.3) is 0 Å². The van der Waals surface area contributed by atoms with Crippen molar-refractivity contribution in [2.24, 2.45) is 0 Å². The number of morpholine rings is 1. The Hall–Kier alpha value is -1.24. The van der Waals surface area contributed by atoms with Gasteiger partial charge in [-0.2, -0.15) is 0 Å². The molecule has 1 saturated heterocycles. The molecule has 0 bridgehead atoms. The zero-order chi connectivity index (χ0) is 13.3. The molecular formula is C13H22N4O2. The summed E-state index contributed by atoms with van der Waals surface area (Å²) >= 11 is 0. The monoisotopic (exact) mass is 266 g/mol. The first-order valence-corrected chi connectivity index (χ1v) is 6.72. The minimum absolute atomic E-state index is 0.519. The second-order valence-corrected chi connectivity index (χ2v) is 4.56. The van der Waals surface area contributed by atoms with Gasteiger partial charge in [0.05, 0.1) is 25.5 Å². The van der Waals surface area contributed by atoms with Crippen molar-refractivity contribution in [1.29, 1.82) is 0 Å². The second-order valence-electron chi connectivity index (χ2n) is 4.56. The van der Waals surface area contributed by atoms with E-state index in [0.29, 0.717) is 6.61 Å². The Balaban J connectivity index is 1.65. The van der Waals surface area contributed by atoms with E-state index in [2.05, 4.69) is 20.2 Å². The molecule has 0 atom stereocenters. The molecule has 0 unspecified atom stereocenters. The van der Waals surface area contributed by atoms with Gasteiger partial charge in [0.2, 0.25) is 0 Å². The molecule has 106 valence electrons. The smallest absolute Gasteiger partial charge is 0.129 e. The highest BCUT2D eigenvalue weighted by atomic mass is 16.5. The third-order valence-electron chi connectivity index (χ3n) is 3.08. The van der Waals surface area contributed by atoms with E-state index in [1.165, 1.54) is 0 Å². The number of nitrogens with one attached hydrogen (secondary N) is 1. The van der Waals surface area contributed by atoms with E-state index < -0.39 is 0 Å². The summed E-state index contributed by atoms with van der Waals surface area (Å²) in [6, 6.07) is 1.93. The number of hydrogen-bond acceptors (Lipinski definition) is 6. The molecule has 1 N–H and O–H groups in total. The number of methoxy groups -OCH3 is 1. The maximum atomic E-state index is 5.33. The van der Waals surface area contributed by atoms with Crippen molar-refractivity contribution in [1.82, 2.24) is 14.9 Å². The van der Waals surface area contributed by atoms with E-state index in [4.69, 9.17) is 9.47 Å². The Morgan fingerprint density at radius 1 is 1.37 bits per heavy atom. The molecule has 0 radical (unpaired) electrons. The Kier molecular flexibility index (Phi) is 6.00. The molecule has 0 aromatic carbocycles. The fourth-order valence-electron chi connectivity index (χ4n) is 2.06. The van der Waals surface area contributed by atoms with Gasteiger partial charge in [0.1, 0.15) is 12.1 Å². The van der Waals surface area contributed by atoms with Crippen LogP contribution in [-0.4, -0.2) is 61.4 Å². The maximum absolute atomic E-state index is 5.33. The van der Waals surface area contributed by atoms with E-state index in [1.54, 1.807) is 13.4 Å². The number of ether oxygens (including phenoxy) is 2. The standard InChI is InChI=1S/C13H22N4O2/c1-18-10-12-9-13(16-11-15-12)14-3-2-4-17-5-7-19-8-6-17/h9,11H,2-8,10H2,1H3,(H,14,15,16). The van der Waals surface area contributed by atoms with Crippen LogP contribution in [0.2, 0.25) is 0 Å². The first kappa shape index (κ1) is 14.2. The number of hydrogen-bond donors (Lipinski definition) is 1. The van der Waals surface area contributed by atoms with Gasteiger partial charge in [-0.15, -0.1) is 0 Å². The number of anilines is 1. The quantitative estimate of drug-likeness (QED) is 0.735.